The van der Waals surface area contributed by atoms with Crippen LogP contribution in [-0.4, -0.2) is 12.6 Å². The topological polar surface area (TPSA) is 29.4 Å². The van der Waals surface area contributed by atoms with Gasteiger partial charge in [0.2, 0.25) is 6.08 Å². The van der Waals surface area contributed by atoms with Crippen molar-refractivity contribution in [2.75, 3.05) is 6.54 Å². The zero-order valence-electron chi connectivity index (χ0n) is 4.14. The first-order chi connectivity index (χ1) is 3.41. The van der Waals surface area contributed by atoms with Gasteiger partial charge >= 0.3 is 0 Å². The van der Waals surface area contributed by atoms with Gasteiger partial charge in [-0.1, -0.05) is 12.2 Å². The molecule has 0 aliphatic rings. The van der Waals surface area contributed by atoms with Crippen LogP contribution < -0.4 is 0 Å². The van der Waals surface area contributed by atoms with Crippen molar-refractivity contribution in [1.82, 2.24) is 0 Å². The maximum atomic E-state index is 9.34. The first-order valence-corrected chi connectivity index (χ1v) is 1.94. The molecule has 0 N–H and O–H groups in total. The van der Waals surface area contributed by atoms with E-state index in [4.69, 9.17) is 0 Å². The number of rotatable bonds is 2. The van der Waals surface area contributed by atoms with Gasteiger partial charge in [-0.2, -0.15) is 0 Å². The van der Waals surface area contributed by atoms with E-state index in [9.17, 15) is 4.79 Å². The molecule has 0 fully saturated rings. The van der Waals surface area contributed by atoms with E-state index in [2.05, 4.69) is 11.1 Å². The van der Waals surface area contributed by atoms with Crippen LogP contribution in [0.5, 0.6) is 0 Å². The minimum Gasteiger partial charge on any atom is -0.211 e. The summed E-state index contributed by atoms with van der Waals surface area (Å²) in [4.78, 5) is 12.6. The van der Waals surface area contributed by atoms with Gasteiger partial charge in [0.1, 0.15) is 0 Å². The molecule has 0 spiro atoms. The van der Waals surface area contributed by atoms with Crippen LogP contribution in [0, 0.1) is 6.08 Å². The molecule has 37 valence electrons. The summed E-state index contributed by atoms with van der Waals surface area (Å²) in [5, 5.41) is 0. The molecule has 0 amide bonds. The third kappa shape index (κ3) is 5.12. The van der Waals surface area contributed by atoms with Crippen molar-refractivity contribution >= 4 is 6.08 Å². The summed E-state index contributed by atoms with van der Waals surface area (Å²) in [6, 6.07) is 0. The summed E-state index contributed by atoms with van der Waals surface area (Å²) in [5.74, 6) is 0. The van der Waals surface area contributed by atoms with Crippen LogP contribution in [0.4, 0.5) is 0 Å². The fraction of sp³-hybridized carbons (Fsp3) is 0.400. The van der Waals surface area contributed by atoms with Gasteiger partial charge in [-0.05, 0) is 6.92 Å². The van der Waals surface area contributed by atoms with Crippen molar-refractivity contribution in [3.63, 3.8) is 0 Å². The van der Waals surface area contributed by atoms with Crippen LogP contribution in [0.15, 0.2) is 11.1 Å². The molecular weight excluding hydrogens is 90.1 g/mol. The lowest BCUT2D eigenvalue weighted by Gasteiger charge is -1.68. The van der Waals surface area contributed by atoms with Gasteiger partial charge in [0.15, 0.2) is 0 Å². The molecule has 0 aliphatic heterocycles. The molecule has 0 heterocycles. The predicted octanol–water partition coefficient (Wildman–Crippen LogP) is 0.701. The fourth-order valence-electron chi connectivity index (χ4n) is 0.174. The Balaban J connectivity index is 3.15. The van der Waals surface area contributed by atoms with Crippen molar-refractivity contribution in [3.05, 3.63) is 12.2 Å². The third-order valence-electron chi connectivity index (χ3n) is 0.451. The number of hydrogen-bond acceptors (Lipinski definition) is 2. The molecule has 0 saturated carbocycles. The zero-order chi connectivity index (χ0) is 5.54. The van der Waals surface area contributed by atoms with Crippen molar-refractivity contribution < 1.29 is 4.79 Å². The molecule has 7 heavy (non-hydrogen) atoms. The molecule has 0 aliphatic carbocycles. The highest BCUT2D eigenvalue weighted by atomic mass is 16.1. The van der Waals surface area contributed by atoms with E-state index in [0.717, 1.165) is 0 Å². The SMILES string of the molecule is C[C]=CCN=C=O. The normalized spacial score (nSPS) is 8.71. The summed E-state index contributed by atoms with van der Waals surface area (Å²) < 4.78 is 0. The summed E-state index contributed by atoms with van der Waals surface area (Å²) in [7, 11) is 0. The predicted molar refractivity (Wildman–Crippen MR) is 26.5 cm³/mol. The van der Waals surface area contributed by atoms with Gasteiger partial charge in [0, 0.05) is 0 Å². The Morgan fingerprint density at radius 1 is 1.86 bits per heavy atom. The van der Waals surface area contributed by atoms with Gasteiger partial charge in [0.25, 0.3) is 0 Å². The number of allylic oxidation sites excluding steroid dienone is 1. The number of carbonyl (C=O) groups excluding carboxylic acids is 1. The van der Waals surface area contributed by atoms with Crippen LogP contribution >= 0.6 is 0 Å². The Hall–Kier alpha value is -0.880. The van der Waals surface area contributed by atoms with E-state index < -0.39 is 0 Å². The molecule has 0 rings (SSSR count). The lowest BCUT2D eigenvalue weighted by Crippen LogP contribution is -1.66. The van der Waals surface area contributed by atoms with Crippen molar-refractivity contribution in [2.24, 2.45) is 4.99 Å². The minimum atomic E-state index is 0.403. The molecule has 0 atom stereocenters. The van der Waals surface area contributed by atoms with E-state index in [1.54, 1.807) is 13.0 Å². The van der Waals surface area contributed by atoms with Crippen molar-refractivity contribution in [2.45, 2.75) is 6.92 Å². The third-order valence-corrected chi connectivity index (χ3v) is 0.451. The van der Waals surface area contributed by atoms with Crippen molar-refractivity contribution in [3.8, 4) is 0 Å². The minimum absolute atomic E-state index is 0.403. The Morgan fingerprint density at radius 3 is 3.00 bits per heavy atom. The average molecular weight is 96.1 g/mol. The standard InChI is InChI=1S/C5H6NO/c1-2-3-4-6-5-7/h3H,4H2,1H3. The molecule has 0 aromatic carbocycles. The first-order valence-electron chi connectivity index (χ1n) is 1.94. The first kappa shape index (κ1) is 6.12. The van der Waals surface area contributed by atoms with Crippen LogP contribution in [0.2, 0.25) is 0 Å². The van der Waals surface area contributed by atoms with Gasteiger partial charge in [-0.3, -0.25) is 0 Å². The van der Waals surface area contributed by atoms with Crippen LogP contribution in [0.3, 0.4) is 0 Å². The van der Waals surface area contributed by atoms with Crippen LogP contribution in [0.25, 0.3) is 0 Å². The average Bonchev–Trinajstić information content (AvgIpc) is 1.69. The second kappa shape index (κ2) is 5.12. The molecule has 0 saturated heterocycles. The number of isocyanates is 1. The van der Waals surface area contributed by atoms with Gasteiger partial charge in [-0.15, -0.1) is 0 Å². The smallest absolute Gasteiger partial charge is 0.211 e. The Morgan fingerprint density at radius 2 is 2.57 bits per heavy atom. The molecule has 0 aromatic rings. The molecule has 0 aromatic heterocycles. The molecular formula is C5H6NO. The van der Waals surface area contributed by atoms with Gasteiger partial charge in [0.05, 0.1) is 6.54 Å². The Kier molecular flexibility index (Phi) is 4.48. The molecule has 1 radical (unpaired) electrons. The molecule has 2 nitrogen and oxygen atoms in total. The number of hydrogen-bond donors (Lipinski definition) is 0. The quantitative estimate of drug-likeness (QED) is 0.367. The Bertz CT molecular complexity index is 101. The van der Waals surface area contributed by atoms with Crippen molar-refractivity contribution in [1.29, 1.82) is 0 Å². The van der Waals surface area contributed by atoms with E-state index in [1.165, 1.54) is 6.08 Å². The maximum absolute atomic E-state index is 9.34. The largest absolute Gasteiger partial charge is 0.235 e. The highest BCUT2D eigenvalue weighted by molar-refractivity contribution is 5.33. The number of aliphatic imine (C=N–C) groups is 1. The van der Waals surface area contributed by atoms with E-state index in [-0.39, 0.29) is 0 Å². The zero-order valence-corrected chi connectivity index (χ0v) is 4.14. The lowest BCUT2D eigenvalue weighted by molar-refractivity contribution is 0.564. The second-order valence-corrected chi connectivity index (χ2v) is 0.925. The number of nitrogens with zero attached hydrogens (tertiary/aromatic N) is 1. The van der Waals surface area contributed by atoms with E-state index in [1.807, 2.05) is 0 Å². The molecule has 0 bridgehead atoms. The van der Waals surface area contributed by atoms with Crippen LogP contribution in [-0.2, 0) is 4.79 Å². The summed E-state index contributed by atoms with van der Waals surface area (Å²) in [6.45, 7) is 2.15. The highest BCUT2D eigenvalue weighted by Crippen LogP contribution is 1.67. The molecule has 0 unspecified atom stereocenters. The van der Waals surface area contributed by atoms with E-state index in [0.29, 0.717) is 6.54 Å². The summed E-state index contributed by atoms with van der Waals surface area (Å²) >= 11 is 0. The van der Waals surface area contributed by atoms with Gasteiger partial charge in [-0.25, -0.2) is 9.79 Å². The maximum Gasteiger partial charge on any atom is 0.235 e. The Labute approximate surface area is 42.6 Å². The monoisotopic (exact) mass is 96.0 g/mol. The highest BCUT2D eigenvalue weighted by Gasteiger charge is 1.62. The molecule has 2 heteroatoms. The summed E-state index contributed by atoms with van der Waals surface area (Å²) in [6.07, 6.45) is 5.77. The van der Waals surface area contributed by atoms with E-state index >= 15 is 0 Å². The lowest BCUT2D eigenvalue weighted by atomic mass is 10.5. The van der Waals surface area contributed by atoms with Crippen LogP contribution in [0.1, 0.15) is 6.92 Å². The second-order valence-electron chi connectivity index (χ2n) is 0.925. The summed E-state index contributed by atoms with van der Waals surface area (Å²) in [5.41, 5.74) is 0. The fourth-order valence-corrected chi connectivity index (χ4v) is 0.174. The van der Waals surface area contributed by atoms with Gasteiger partial charge < -0.3 is 0 Å².